The lowest BCUT2D eigenvalue weighted by Crippen LogP contribution is -2.25. The van der Waals surface area contributed by atoms with Gasteiger partial charge in [-0.3, -0.25) is 0 Å². The Morgan fingerprint density at radius 3 is 2.33 bits per heavy atom. The van der Waals surface area contributed by atoms with E-state index < -0.39 is 8.07 Å². The van der Waals surface area contributed by atoms with Crippen LogP contribution in [0.25, 0.3) is 0 Å². The summed E-state index contributed by atoms with van der Waals surface area (Å²) in [5.74, 6) is -0.269. The molecule has 0 spiro atoms. The minimum absolute atomic E-state index is 0.269. The average Bonchev–Trinajstić information content (AvgIpc) is 2.30. The van der Waals surface area contributed by atoms with Crippen LogP contribution in [0.15, 0.2) is 24.3 Å². The Bertz CT molecular complexity index is 287. The van der Waals surface area contributed by atoms with E-state index in [9.17, 15) is 4.79 Å². The van der Waals surface area contributed by atoms with Gasteiger partial charge in [-0.1, -0.05) is 44.8 Å². The number of methoxy groups -OCH3 is 1. The Kier molecular flexibility index (Phi) is 8.72. The van der Waals surface area contributed by atoms with Gasteiger partial charge in [-0.25, -0.2) is 4.79 Å². The molecule has 18 heavy (non-hydrogen) atoms. The molecule has 0 aliphatic carbocycles. The maximum absolute atomic E-state index is 10.8. The molecule has 0 aliphatic rings. The van der Waals surface area contributed by atoms with Crippen molar-refractivity contribution in [3.8, 4) is 0 Å². The third-order valence-electron chi connectivity index (χ3n) is 3.33. The van der Waals surface area contributed by atoms with E-state index in [1.165, 1.54) is 19.6 Å². The topological polar surface area (TPSA) is 26.3 Å². The maximum Gasteiger partial charge on any atom is 0.330 e. The van der Waals surface area contributed by atoms with Gasteiger partial charge >= 0.3 is 5.97 Å². The van der Waals surface area contributed by atoms with E-state index in [1.54, 1.807) is 0 Å². The zero-order valence-electron chi connectivity index (χ0n) is 12.5. The molecule has 0 saturated carbocycles. The van der Waals surface area contributed by atoms with Gasteiger partial charge in [0.05, 0.1) is 7.11 Å². The molecule has 0 amide bonds. The van der Waals surface area contributed by atoms with Gasteiger partial charge in [-0.05, 0) is 31.2 Å². The Morgan fingerprint density at radius 1 is 1.17 bits per heavy atom. The number of ether oxygens (including phenoxy) is 1. The van der Waals surface area contributed by atoms with Crippen molar-refractivity contribution >= 4 is 14.0 Å². The second-order valence-electron chi connectivity index (χ2n) is 5.83. The first kappa shape index (κ1) is 17.2. The van der Waals surface area contributed by atoms with Gasteiger partial charge in [-0.2, -0.15) is 0 Å². The second-order valence-corrected chi connectivity index (χ2v) is 11.5. The van der Waals surface area contributed by atoms with Crippen molar-refractivity contribution in [1.29, 1.82) is 0 Å². The summed E-state index contributed by atoms with van der Waals surface area (Å²) in [6.45, 7) is 9.62. The molecule has 0 aromatic carbocycles. The lowest BCUT2D eigenvalue weighted by atomic mass is 10.2. The minimum Gasteiger partial charge on any atom is -0.466 e. The quantitative estimate of drug-likeness (QED) is 0.212. The average molecular weight is 268 g/mol. The Hall–Kier alpha value is -0.833. The van der Waals surface area contributed by atoms with Crippen molar-refractivity contribution in [3.63, 3.8) is 0 Å². The van der Waals surface area contributed by atoms with Crippen molar-refractivity contribution in [2.45, 2.75) is 57.8 Å². The van der Waals surface area contributed by atoms with Gasteiger partial charge in [0, 0.05) is 14.1 Å². The molecule has 3 heteroatoms. The molecule has 0 heterocycles. The van der Waals surface area contributed by atoms with E-state index in [4.69, 9.17) is 0 Å². The summed E-state index contributed by atoms with van der Waals surface area (Å²) in [6.07, 6.45) is 12.3. The summed E-state index contributed by atoms with van der Waals surface area (Å²) in [5, 5.41) is 0. The molecule has 0 aromatic heterocycles. The van der Waals surface area contributed by atoms with E-state index in [1.807, 2.05) is 6.08 Å². The van der Waals surface area contributed by atoms with Crippen LogP contribution in [0.4, 0.5) is 0 Å². The van der Waals surface area contributed by atoms with E-state index in [0.717, 1.165) is 24.8 Å². The van der Waals surface area contributed by atoms with E-state index >= 15 is 0 Å². The zero-order valence-corrected chi connectivity index (χ0v) is 13.5. The van der Waals surface area contributed by atoms with E-state index in [-0.39, 0.29) is 5.97 Å². The number of carbonyl (C=O) groups excluding carboxylic acids is 1. The third-order valence-corrected chi connectivity index (χ3v) is 6.52. The monoisotopic (exact) mass is 268 g/mol. The molecule has 0 fully saturated rings. The molecule has 2 nitrogen and oxygen atoms in total. The molecule has 0 bridgehead atoms. The summed E-state index contributed by atoms with van der Waals surface area (Å²) in [5.41, 5.74) is 0.841. The summed E-state index contributed by atoms with van der Waals surface area (Å²) < 4.78 is 4.52. The van der Waals surface area contributed by atoms with Crippen LogP contribution in [0.2, 0.25) is 25.2 Å². The molecule has 104 valence electrons. The van der Waals surface area contributed by atoms with E-state index in [2.05, 4.69) is 43.5 Å². The first-order chi connectivity index (χ1) is 8.38. The highest BCUT2D eigenvalue weighted by Gasteiger charge is 2.20. The zero-order chi connectivity index (χ0) is 14.0. The molecule has 0 aromatic rings. The van der Waals surface area contributed by atoms with Crippen LogP contribution in [0, 0.1) is 0 Å². The highest BCUT2D eigenvalue weighted by molar-refractivity contribution is 6.77. The highest BCUT2D eigenvalue weighted by atomic mass is 28.3. The molecule has 1 unspecified atom stereocenters. The fourth-order valence-electron chi connectivity index (χ4n) is 1.37. The van der Waals surface area contributed by atoms with Crippen LogP contribution in [0.1, 0.15) is 32.6 Å². The Balaban J connectivity index is 3.61. The van der Waals surface area contributed by atoms with Gasteiger partial charge in [0.1, 0.15) is 0 Å². The molecule has 0 aliphatic heterocycles. The van der Waals surface area contributed by atoms with Crippen LogP contribution in [0.5, 0.6) is 0 Å². The summed E-state index contributed by atoms with van der Waals surface area (Å²) in [7, 11) is 0.425. The molecule has 1 atom stereocenters. The lowest BCUT2D eigenvalue weighted by Gasteiger charge is -2.23. The minimum atomic E-state index is -0.972. The second kappa shape index (κ2) is 9.14. The Labute approximate surface area is 113 Å². The third kappa shape index (κ3) is 9.22. The van der Waals surface area contributed by atoms with Crippen molar-refractivity contribution in [1.82, 2.24) is 0 Å². The van der Waals surface area contributed by atoms with Crippen molar-refractivity contribution in [2.24, 2.45) is 0 Å². The van der Waals surface area contributed by atoms with Gasteiger partial charge < -0.3 is 4.74 Å². The largest absolute Gasteiger partial charge is 0.466 e. The van der Waals surface area contributed by atoms with Crippen molar-refractivity contribution < 1.29 is 9.53 Å². The van der Waals surface area contributed by atoms with Crippen LogP contribution in [0.3, 0.4) is 0 Å². The van der Waals surface area contributed by atoms with Gasteiger partial charge in [0.15, 0.2) is 0 Å². The van der Waals surface area contributed by atoms with Crippen LogP contribution in [-0.2, 0) is 9.53 Å². The maximum atomic E-state index is 10.8. The van der Waals surface area contributed by atoms with Crippen LogP contribution >= 0.6 is 0 Å². The molecule has 0 saturated heterocycles. The van der Waals surface area contributed by atoms with Crippen LogP contribution < -0.4 is 0 Å². The van der Waals surface area contributed by atoms with Gasteiger partial charge in [0.2, 0.25) is 0 Å². The first-order valence-electron chi connectivity index (χ1n) is 6.77. The number of hydrogen-bond acceptors (Lipinski definition) is 2. The molecule has 0 radical (unpaired) electrons. The van der Waals surface area contributed by atoms with Gasteiger partial charge in [0.25, 0.3) is 0 Å². The number of rotatable bonds is 8. The van der Waals surface area contributed by atoms with E-state index in [0.29, 0.717) is 0 Å². The van der Waals surface area contributed by atoms with Crippen molar-refractivity contribution in [2.75, 3.05) is 7.11 Å². The number of unbranched alkanes of at least 4 members (excludes halogenated alkanes) is 2. The molecular formula is C15H28O2Si. The Morgan fingerprint density at radius 2 is 1.78 bits per heavy atom. The molecule has 0 rings (SSSR count). The predicted molar refractivity (Wildman–Crippen MR) is 81.5 cm³/mol. The number of allylic oxidation sites excluding steroid dienone is 3. The summed E-state index contributed by atoms with van der Waals surface area (Å²) in [6, 6.07) is 0. The molecule has 0 N–H and O–H groups in total. The van der Waals surface area contributed by atoms with Crippen molar-refractivity contribution in [3.05, 3.63) is 24.3 Å². The normalized spacial score (nSPS) is 14.3. The van der Waals surface area contributed by atoms with Gasteiger partial charge in [-0.15, -0.1) is 0 Å². The number of hydrogen-bond donors (Lipinski definition) is 0. The summed E-state index contributed by atoms with van der Waals surface area (Å²) in [4.78, 5) is 10.8. The predicted octanol–water partition coefficient (Wildman–Crippen LogP) is 4.56. The fraction of sp³-hybridized carbons (Fsp3) is 0.667. The summed E-state index contributed by atoms with van der Waals surface area (Å²) >= 11 is 0. The smallest absolute Gasteiger partial charge is 0.330 e. The first-order valence-corrected chi connectivity index (χ1v) is 10.3. The lowest BCUT2D eigenvalue weighted by molar-refractivity contribution is -0.134. The fourth-order valence-corrected chi connectivity index (χ4v) is 2.22. The van der Waals surface area contributed by atoms with Crippen LogP contribution in [-0.4, -0.2) is 21.2 Å². The number of carbonyl (C=O) groups is 1. The highest BCUT2D eigenvalue weighted by Crippen LogP contribution is 2.24. The SMILES string of the molecule is COC(=O)/C=C/CCC/C=C\CC(C)[Si](C)(C)C. The molecular weight excluding hydrogens is 240 g/mol. The standard InChI is InChI=1S/C15H28O2Si/c1-14(18(3,4)5)12-10-8-6-7-9-11-13-15(16)17-2/h8,10-11,13-14H,6-7,9,12H2,1-5H3/b10-8-,13-11+. The number of esters is 1.